The highest BCUT2D eigenvalue weighted by Crippen LogP contribution is 2.04. The zero-order chi connectivity index (χ0) is 12.0. The van der Waals surface area contributed by atoms with Gasteiger partial charge in [0, 0.05) is 0 Å². The lowest BCUT2D eigenvalue weighted by molar-refractivity contribution is 0.0788. The van der Waals surface area contributed by atoms with Crippen LogP contribution in [0.1, 0.15) is 10.5 Å². The summed E-state index contributed by atoms with van der Waals surface area (Å²) in [4.78, 5) is 20.2. The molecule has 0 aromatic carbocycles. The number of nitrogens with zero attached hydrogens (tertiary/aromatic N) is 5. The number of nitriles is 2. The number of carbonyl (C=O) groups is 1. The molecule has 1 aromatic rings. The highest BCUT2D eigenvalue weighted by molar-refractivity contribution is 6.29. The number of amides is 1. The van der Waals surface area contributed by atoms with E-state index in [9.17, 15) is 4.79 Å². The van der Waals surface area contributed by atoms with E-state index in [0.29, 0.717) is 0 Å². The Labute approximate surface area is 96.7 Å². The van der Waals surface area contributed by atoms with Crippen LogP contribution in [0.2, 0.25) is 5.15 Å². The van der Waals surface area contributed by atoms with Crippen molar-refractivity contribution in [2.45, 2.75) is 0 Å². The zero-order valence-electron chi connectivity index (χ0n) is 8.09. The van der Waals surface area contributed by atoms with Gasteiger partial charge in [0.15, 0.2) is 0 Å². The molecule has 1 heterocycles. The van der Waals surface area contributed by atoms with Crippen molar-refractivity contribution in [3.05, 3.63) is 23.2 Å². The highest BCUT2D eigenvalue weighted by atomic mass is 35.5. The lowest BCUT2D eigenvalue weighted by Crippen LogP contribution is -2.32. The molecule has 1 rings (SSSR count). The van der Waals surface area contributed by atoms with Gasteiger partial charge in [-0.05, 0) is 0 Å². The van der Waals surface area contributed by atoms with Crippen LogP contribution in [-0.2, 0) is 0 Å². The van der Waals surface area contributed by atoms with Gasteiger partial charge in [0.05, 0.1) is 24.5 Å². The third-order valence-electron chi connectivity index (χ3n) is 1.65. The van der Waals surface area contributed by atoms with E-state index in [1.165, 1.54) is 12.4 Å². The summed E-state index contributed by atoms with van der Waals surface area (Å²) in [6.07, 6.45) is 2.43. The molecule has 0 aliphatic carbocycles. The molecule has 0 saturated heterocycles. The van der Waals surface area contributed by atoms with E-state index in [-0.39, 0.29) is 23.9 Å². The molecule has 0 fully saturated rings. The first kappa shape index (κ1) is 11.9. The Kier molecular flexibility index (Phi) is 4.19. The Morgan fingerprint density at radius 1 is 1.31 bits per heavy atom. The van der Waals surface area contributed by atoms with E-state index >= 15 is 0 Å². The van der Waals surface area contributed by atoms with E-state index in [1.807, 2.05) is 0 Å². The number of carbonyl (C=O) groups excluding carboxylic acids is 1. The van der Waals surface area contributed by atoms with Gasteiger partial charge in [-0.2, -0.15) is 10.5 Å². The van der Waals surface area contributed by atoms with Crippen LogP contribution in [0, 0.1) is 22.7 Å². The monoisotopic (exact) mass is 235 g/mol. The van der Waals surface area contributed by atoms with E-state index in [4.69, 9.17) is 22.1 Å². The van der Waals surface area contributed by atoms with Gasteiger partial charge < -0.3 is 4.90 Å². The summed E-state index contributed by atoms with van der Waals surface area (Å²) in [5.74, 6) is -0.521. The second kappa shape index (κ2) is 5.64. The first-order valence-electron chi connectivity index (χ1n) is 4.19. The maximum Gasteiger partial charge on any atom is 0.275 e. The minimum atomic E-state index is -0.521. The van der Waals surface area contributed by atoms with Crippen LogP contribution in [0.15, 0.2) is 12.4 Å². The van der Waals surface area contributed by atoms with E-state index in [0.717, 1.165) is 4.90 Å². The summed E-state index contributed by atoms with van der Waals surface area (Å²) in [6.45, 7) is -0.340. The largest absolute Gasteiger partial charge is 0.311 e. The van der Waals surface area contributed by atoms with Crippen molar-refractivity contribution < 1.29 is 4.79 Å². The number of aromatic nitrogens is 2. The molecule has 16 heavy (non-hydrogen) atoms. The van der Waals surface area contributed by atoms with Crippen molar-refractivity contribution in [1.29, 1.82) is 10.5 Å². The van der Waals surface area contributed by atoms with Gasteiger partial charge in [-0.25, -0.2) is 9.97 Å². The molecule has 80 valence electrons. The van der Waals surface area contributed by atoms with Crippen LogP contribution in [0.25, 0.3) is 0 Å². The predicted molar refractivity (Wildman–Crippen MR) is 54.2 cm³/mol. The van der Waals surface area contributed by atoms with Crippen molar-refractivity contribution in [1.82, 2.24) is 14.9 Å². The predicted octanol–water partition coefficient (Wildman–Crippen LogP) is 0.619. The molecule has 0 aliphatic rings. The molecule has 1 amide bonds. The maximum atomic E-state index is 11.7. The van der Waals surface area contributed by atoms with Gasteiger partial charge in [0.2, 0.25) is 0 Å². The fourth-order valence-electron chi connectivity index (χ4n) is 0.955. The van der Waals surface area contributed by atoms with Crippen molar-refractivity contribution in [2.24, 2.45) is 0 Å². The topological polar surface area (TPSA) is 93.7 Å². The highest BCUT2D eigenvalue weighted by Gasteiger charge is 2.16. The van der Waals surface area contributed by atoms with Crippen LogP contribution < -0.4 is 0 Å². The summed E-state index contributed by atoms with van der Waals surface area (Å²) in [5, 5.41) is 17.2. The van der Waals surface area contributed by atoms with E-state index < -0.39 is 5.91 Å². The Morgan fingerprint density at radius 3 is 2.38 bits per heavy atom. The number of hydrogen-bond acceptors (Lipinski definition) is 5. The summed E-state index contributed by atoms with van der Waals surface area (Å²) in [7, 11) is 0. The van der Waals surface area contributed by atoms with Gasteiger partial charge >= 0.3 is 0 Å². The standard InChI is InChI=1S/C9H6ClN5O/c10-8-6-13-7(5-14-8)9(16)15(3-1-11)4-2-12/h5-6H,3-4H2. The normalized spacial score (nSPS) is 8.94. The SMILES string of the molecule is N#CCN(CC#N)C(=O)c1cnc(Cl)cn1. The van der Waals surface area contributed by atoms with Gasteiger partial charge in [-0.3, -0.25) is 4.79 Å². The van der Waals surface area contributed by atoms with Gasteiger partial charge in [0.25, 0.3) is 5.91 Å². The number of hydrogen-bond donors (Lipinski definition) is 0. The molecule has 0 atom stereocenters. The summed E-state index contributed by atoms with van der Waals surface area (Å²) in [5.41, 5.74) is 0.0508. The zero-order valence-corrected chi connectivity index (χ0v) is 8.85. The third kappa shape index (κ3) is 2.91. The lowest BCUT2D eigenvalue weighted by Gasteiger charge is -2.14. The number of halogens is 1. The summed E-state index contributed by atoms with van der Waals surface area (Å²) in [6, 6.07) is 3.59. The average Bonchev–Trinajstić information content (AvgIpc) is 2.29. The van der Waals surface area contributed by atoms with Crippen molar-refractivity contribution in [2.75, 3.05) is 13.1 Å². The smallest absolute Gasteiger partial charge is 0.275 e. The molecule has 7 heteroatoms. The number of rotatable bonds is 3. The fraction of sp³-hybridized carbons (Fsp3) is 0.222. The second-order valence-corrected chi connectivity index (χ2v) is 3.09. The van der Waals surface area contributed by atoms with Gasteiger partial charge in [0.1, 0.15) is 23.9 Å². The van der Waals surface area contributed by atoms with Crippen LogP contribution in [-0.4, -0.2) is 33.9 Å². The molecule has 1 aromatic heterocycles. The van der Waals surface area contributed by atoms with Crippen LogP contribution in [0.4, 0.5) is 0 Å². The van der Waals surface area contributed by atoms with Crippen molar-refractivity contribution in [3.8, 4) is 12.1 Å². The Hall–Kier alpha value is -2.18. The molecule has 0 unspecified atom stereocenters. The quantitative estimate of drug-likeness (QED) is 0.716. The minimum Gasteiger partial charge on any atom is -0.311 e. The molecule has 0 saturated carbocycles. The Morgan fingerprint density at radius 2 is 1.94 bits per heavy atom. The van der Waals surface area contributed by atoms with Gasteiger partial charge in [-0.15, -0.1) is 0 Å². The molecular formula is C9H6ClN5O. The molecule has 0 spiro atoms. The molecular weight excluding hydrogens is 230 g/mol. The van der Waals surface area contributed by atoms with Crippen LogP contribution in [0.3, 0.4) is 0 Å². The molecule has 0 aliphatic heterocycles. The van der Waals surface area contributed by atoms with E-state index in [1.54, 1.807) is 12.1 Å². The molecule has 0 radical (unpaired) electrons. The van der Waals surface area contributed by atoms with Crippen LogP contribution in [0.5, 0.6) is 0 Å². The first-order valence-corrected chi connectivity index (χ1v) is 4.57. The molecule has 0 bridgehead atoms. The van der Waals surface area contributed by atoms with Crippen molar-refractivity contribution >= 4 is 17.5 Å². The fourth-order valence-corrected chi connectivity index (χ4v) is 1.05. The van der Waals surface area contributed by atoms with Crippen LogP contribution >= 0.6 is 11.6 Å². The lowest BCUT2D eigenvalue weighted by atomic mass is 10.3. The summed E-state index contributed by atoms with van der Waals surface area (Å²) >= 11 is 5.52. The Balaban J connectivity index is 2.87. The average molecular weight is 236 g/mol. The third-order valence-corrected chi connectivity index (χ3v) is 1.84. The molecule has 6 nitrogen and oxygen atoms in total. The van der Waals surface area contributed by atoms with E-state index in [2.05, 4.69) is 9.97 Å². The summed E-state index contributed by atoms with van der Waals surface area (Å²) < 4.78 is 0. The molecule has 0 N–H and O–H groups in total. The first-order chi connectivity index (χ1) is 7.69. The minimum absolute atomic E-state index is 0.0508. The maximum absolute atomic E-state index is 11.7. The van der Waals surface area contributed by atoms with Crippen molar-refractivity contribution in [3.63, 3.8) is 0 Å². The second-order valence-electron chi connectivity index (χ2n) is 2.70. The Bertz CT molecular complexity index is 442. The van der Waals surface area contributed by atoms with Gasteiger partial charge in [-0.1, -0.05) is 11.6 Å².